The lowest BCUT2D eigenvalue weighted by atomic mass is 10.0. The molecule has 18 heavy (non-hydrogen) atoms. The number of benzene rings is 1. The number of nitrogens with zero attached hydrogens (tertiary/aromatic N) is 2. The molecular formula is C13H14ClFN2O. The number of hydrogen-bond acceptors (Lipinski definition) is 2. The molecule has 1 heterocycles. The normalized spacial score (nSPS) is 12.7. The van der Waals surface area contributed by atoms with Gasteiger partial charge in [0.1, 0.15) is 5.82 Å². The zero-order chi connectivity index (χ0) is 13.3. The van der Waals surface area contributed by atoms with E-state index in [2.05, 4.69) is 5.10 Å². The van der Waals surface area contributed by atoms with Crippen molar-refractivity contribution in [3.63, 3.8) is 0 Å². The summed E-state index contributed by atoms with van der Waals surface area (Å²) in [6.45, 7) is 1.83. The van der Waals surface area contributed by atoms with Crippen LogP contribution in [-0.2, 0) is 13.5 Å². The predicted octanol–water partition coefficient (Wildman–Crippen LogP) is 2.80. The van der Waals surface area contributed by atoms with Gasteiger partial charge in [0.05, 0.1) is 16.8 Å². The third kappa shape index (κ3) is 2.71. The summed E-state index contributed by atoms with van der Waals surface area (Å²) < 4.78 is 14.9. The Labute approximate surface area is 110 Å². The van der Waals surface area contributed by atoms with E-state index in [1.165, 1.54) is 12.1 Å². The van der Waals surface area contributed by atoms with Crippen molar-refractivity contribution in [1.29, 1.82) is 0 Å². The molecule has 1 N–H and O–H groups in total. The summed E-state index contributed by atoms with van der Waals surface area (Å²) >= 11 is 5.61. The molecule has 1 aromatic heterocycles. The van der Waals surface area contributed by atoms with E-state index in [1.54, 1.807) is 24.0 Å². The fourth-order valence-electron chi connectivity index (χ4n) is 1.94. The number of aliphatic hydroxyl groups excluding tert-OH is 1. The van der Waals surface area contributed by atoms with Crippen LogP contribution in [0.15, 0.2) is 24.4 Å². The number of aryl methyl sites for hydroxylation is 2. The minimum absolute atomic E-state index is 0.0887. The predicted molar refractivity (Wildman–Crippen MR) is 68.0 cm³/mol. The van der Waals surface area contributed by atoms with E-state index < -0.39 is 11.9 Å². The Kier molecular flexibility index (Phi) is 3.68. The van der Waals surface area contributed by atoms with Gasteiger partial charge in [0.2, 0.25) is 0 Å². The minimum atomic E-state index is -0.695. The molecule has 0 aliphatic rings. The Bertz CT molecular complexity index is 568. The summed E-state index contributed by atoms with van der Waals surface area (Å²) in [5.41, 5.74) is 2.24. The molecule has 96 valence electrons. The quantitative estimate of drug-likeness (QED) is 0.930. The third-order valence-corrected chi connectivity index (χ3v) is 3.13. The van der Waals surface area contributed by atoms with E-state index in [0.717, 1.165) is 11.3 Å². The molecule has 0 saturated carbocycles. The Morgan fingerprint density at radius 1 is 1.50 bits per heavy atom. The van der Waals surface area contributed by atoms with Gasteiger partial charge in [0, 0.05) is 25.2 Å². The molecule has 0 fully saturated rings. The van der Waals surface area contributed by atoms with Crippen LogP contribution in [0.4, 0.5) is 4.39 Å². The molecule has 0 aliphatic heterocycles. The molecule has 5 heteroatoms. The Hall–Kier alpha value is -1.39. The zero-order valence-electron chi connectivity index (χ0n) is 10.2. The highest BCUT2D eigenvalue weighted by Gasteiger charge is 2.14. The highest BCUT2D eigenvalue weighted by Crippen LogP contribution is 2.23. The monoisotopic (exact) mass is 268 g/mol. The fourth-order valence-corrected chi connectivity index (χ4v) is 2.06. The third-order valence-electron chi connectivity index (χ3n) is 2.82. The lowest BCUT2D eigenvalue weighted by Gasteiger charge is -2.10. The van der Waals surface area contributed by atoms with Crippen molar-refractivity contribution in [2.75, 3.05) is 0 Å². The molecule has 1 unspecified atom stereocenters. The molecule has 0 spiro atoms. The average Bonchev–Trinajstić information content (AvgIpc) is 2.63. The van der Waals surface area contributed by atoms with E-state index in [-0.39, 0.29) is 5.02 Å². The fraction of sp³-hybridized carbons (Fsp3) is 0.308. The van der Waals surface area contributed by atoms with Crippen molar-refractivity contribution in [3.05, 3.63) is 52.1 Å². The topological polar surface area (TPSA) is 38.0 Å². The van der Waals surface area contributed by atoms with Crippen molar-refractivity contribution in [2.45, 2.75) is 19.4 Å². The summed E-state index contributed by atoms with van der Waals surface area (Å²) in [5.74, 6) is -0.468. The van der Waals surface area contributed by atoms with E-state index in [9.17, 15) is 9.50 Å². The van der Waals surface area contributed by atoms with Crippen LogP contribution in [0, 0.1) is 12.7 Å². The van der Waals surface area contributed by atoms with Gasteiger partial charge in [-0.2, -0.15) is 5.10 Å². The maximum atomic E-state index is 13.3. The van der Waals surface area contributed by atoms with E-state index >= 15 is 0 Å². The first-order valence-electron chi connectivity index (χ1n) is 5.59. The lowest BCUT2D eigenvalue weighted by molar-refractivity contribution is 0.177. The standard InChI is InChI=1S/C13H14ClFN2O/c1-8-10(7-17(2)16-8)13(18)6-9-3-4-11(14)12(15)5-9/h3-5,7,13,18H,6H2,1-2H3. The molecule has 1 aromatic carbocycles. The SMILES string of the molecule is Cc1nn(C)cc1C(O)Cc1ccc(Cl)c(F)c1. The van der Waals surface area contributed by atoms with E-state index in [0.29, 0.717) is 12.0 Å². The number of aliphatic hydroxyl groups is 1. The van der Waals surface area contributed by atoms with Gasteiger partial charge in [-0.25, -0.2) is 4.39 Å². The molecule has 0 saturated heterocycles. The van der Waals surface area contributed by atoms with Crippen molar-refractivity contribution in [1.82, 2.24) is 9.78 Å². The Morgan fingerprint density at radius 2 is 2.22 bits per heavy atom. The number of hydrogen-bond donors (Lipinski definition) is 1. The van der Waals surface area contributed by atoms with Crippen LogP contribution in [0.5, 0.6) is 0 Å². The van der Waals surface area contributed by atoms with Crippen LogP contribution in [-0.4, -0.2) is 14.9 Å². The lowest BCUT2D eigenvalue weighted by Crippen LogP contribution is -2.02. The van der Waals surface area contributed by atoms with Gasteiger partial charge in [-0.3, -0.25) is 4.68 Å². The summed E-state index contributed by atoms with van der Waals surface area (Å²) in [6, 6.07) is 4.55. The van der Waals surface area contributed by atoms with Crippen LogP contribution < -0.4 is 0 Å². The molecule has 2 aromatic rings. The second kappa shape index (κ2) is 5.08. The first-order valence-corrected chi connectivity index (χ1v) is 5.97. The highest BCUT2D eigenvalue weighted by molar-refractivity contribution is 6.30. The molecule has 0 radical (unpaired) electrons. The van der Waals surface area contributed by atoms with Gasteiger partial charge < -0.3 is 5.11 Å². The number of rotatable bonds is 3. The highest BCUT2D eigenvalue weighted by atomic mass is 35.5. The van der Waals surface area contributed by atoms with Gasteiger partial charge in [0.15, 0.2) is 0 Å². The molecule has 0 aliphatic carbocycles. The van der Waals surface area contributed by atoms with E-state index in [1.807, 2.05) is 6.92 Å². The van der Waals surface area contributed by atoms with Gasteiger partial charge in [-0.15, -0.1) is 0 Å². The summed E-state index contributed by atoms with van der Waals surface area (Å²) in [7, 11) is 1.80. The Morgan fingerprint density at radius 3 is 2.78 bits per heavy atom. The van der Waals surface area contributed by atoms with E-state index in [4.69, 9.17) is 11.6 Å². The number of aromatic nitrogens is 2. The summed E-state index contributed by atoms with van der Waals surface area (Å²) in [6.07, 6.45) is 1.41. The second-order valence-electron chi connectivity index (χ2n) is 4.31. The van der Waals surface area contributed by atoms with Gasteiger partial charge in [-0.05, 0) is 24.6 Å². The van der Waals surface area contributed by atoms with Crippen LogP contribution in [0.1, 0.15) is 22.9 Å². The second-order valence-corrected chi connectivity index (χ2v) is 4.72. The summed E-state index contributed by atoms with van der Waals surface area (Å²) in [4.78, 5) is 0. The smallest absolute Gasteiger partial charge is 0.142 e. The first-order chi connectivity index (χ1) is 8.47. The van der Waals surface area contributed by atoms with Gasteiger partial charge >= 0.3 is 0 Å². The van der Waals surface area contributed by atoms with Crippen LogP contribution >= 0.6 is 11.6 Å². The van der Waals surface area contributed by atoms with Crippen molar-refractivity contribution in [2.24, 2.45) is 7.05 Å². The average molecular weight is 269 g/mol. The van der Waals surface area contributed by atoms with Crippen LogP contribution in [0.2, 0.25) is 5.02 Å². The largest absolute Gasteiger partial charge is 0.388 e. The van der Waals surface area contributed by atoms with Crippen molar-refractivity contribution in [3.8, 4) is 0 Å². The number of halogens is 2. The minimum Gasteiger partial charge on any atom is -0.388 e. The zero-order valence-corrected chi connectivity index (χ0v) is 10.9. The molecule has 0 bridgehead atoms. The van der Waals surface area contributed by atoms with Crippen molar-refractivity contribution < 1.29 is 9.50 Å². The van der Waals surface area contributed by atoms with Crippen LogP contribution in [0.3, 0.4) is 0 Å². The molecule has 1 atom stereocenters. The molecule has 0 amide bonds. The van der Waals surface area contributed by atoms with Gasteiger partial charge in [0.25, 0.3) is 0 Å². The molecule has 2 rings (SSSR count). The molecule has 3 nitrogen and oxygen atoms in total. The summed E-state index contributed by atoms with van der Waals surface area (Å²) in [5, 5.41) is 14.4. The van der Waals surface area contributed by atoms with Gasteiger partial charge in [-0.1, -0.05) is 17.7 Å². The maximum Gasteiger partial charge on any atom is 0.142 e. The first kappa shape index (κ1) is 13.1. The molecular weight excluding hydrogens is 255 g/mol. The van der Waals surface area contributed by atoms with Crippen LogP contribution in [0.25, 0.3) is 0 Å². The Balaban J connectivity index is 2.18. The maximum absolute atomic E-state index is 13.3. The van der Waals surface area contributed by atoms with Crippen molar-refractivity contribution >= 4 is 11.6 Å².